The molecule has 0 bridgehead atoms. The van der Waals surface area contributed by atoms with Crippen LogP contribution in [-0.4, -0.2) is 46.7 Å². The number of hydrogen-bond donors (Lipinski definition) is 2. The predicted molar refractivity (Wildman–Crippen MR) is 114 cm³/mol. The van der Waals surface area contributed by atoms with E-state index in [0.717, 1.165) is 5.56 Å². The molecule has 0 radical (unpaired) electrons. The van der Waals surface area contributed by atoms with Crippen LogP contribution in [0.4, 0.5) is 0 Å². The van der Waals surface area contributed by atoms with Crippen LogP contribution in [0.3, 0.4) is 0 Å². The van der Waals surface area contributed by atoms with Crippen molar-refractivity contribution >= 4 is 40.9 Å². The van der Waals surface area contributed by atoms with Crippen molar-refractivity contribution in [1.82, 2.24) is 20.5 Å². The Balaban J connectivity index is 1.49. The number of pyridine rings is 1. The summed E-state index contributed by atoms with van der Waals surface area (Å²) in [5, 5.41) is 6.23. The number of hydrogen-bond acceptors (Lipinski definition) is 4. The lowest BCUT2D eigenvalue weighted by Gasteiger charge is -2.24. The van der Waals surface area contributed by atoms with Crippen LogP contribution in [0.15, 0.2) is 42.7 Å². The van der Waals surface area contributed by atoms with E-state index in [0.29, 0.717) is 36.0 Å². The standard InChI is InChI=1S/C21H22Cl2N4O3/c22-15-5-6-17(23)16(11-15)21(30)27-10-2-4-18(27)20(29)25-9-7-19(28)26-13-14-3-1-8-24-12-14/h1,3,5-6,8,11-12,18H,2,4,7,9-10,13H2,(H,25,29)(H,26,28). The van der Waals surface area contributed by atoms with E-state index in [-0.39, 0.29) is 36.3 Å². The molecule has 1 unspecified atom stereocenters. The number of nitrogens with zero attached hydrogens (tertiary/aromatic N) is 2. The van der Waals surface area contributed by atoms with Crippen LogP contribution in [0.1, 0.15) is 35.2 Å². The molecule has 1 aromatic carbocycles. The van der Waals surface area contributed by atoms with Gasteiger partial charge in [0, 0.05) is 43.5 Å². The Hall–Kier alpha value is -2.64. The number of aromatic nitrogens is 1. The molecule has 2 N–H and O–H groups in total. The molecule has 1 aromatic heterocycles. The summed E-state index contributed by atoms with van der Waals surface area (Å²) < 4.78 is 0. The molecule has 1 saturated heterocycles. The van der Waals surface area contributed by atoms with E-state index >= 15 is 0 Å². The van der Waals surface area contributed by atoms with Gasteiger partial charge in [-0.15, -0.1) is 0 Å². The van der Waals surface area contributed by atoms with Crippen molar-refractivity contribution in [2.75, 3.05) is 13.1 Å². The summed E-state index contributed by atoms with van der Waals surface area (Å²) in [6.45, 7) is 1.03. The quantitative estimate of drug-likeness (QED) is 0.680. The van der Waals surface area contributed by atoms with Crippen LogP contribution in [0, 0.1) is 0 Å². The number of rotatable bonds is 7. The Labute approximate surface area is 184 Å². The minimum atomic E-state index is -0.592. The van der Waals surface area contributed by atoms with Crippen LogP contribution in [-0.2, 0) is 16.1 Å². The average Bonchev–Trinajstić information content (AvgIpc) is 3.24. The molecule has 3 rings (SSSR count). The highest BCUT2D eigenvalue weighted by Gasteiger charge is 2.35. The summed E-state index contributed by atoms with van der Waals surface area (Å²) in [5.41, 5.74) is 1.17. The zero-order valence-corrected chi connectivity index (χ0v) is 17.7. The number of halogens is 2. The second-order valence-electron chi connectivity index (χ2n) is 6.96. The third kappa shape index (κ3) is 5.70. The predicted octanol–water partition coefficient (Wildman–Crippen LogP) is 2.82. The van der Waals surface area contributed by atoms with Gasteiger partial charge >= 0.3 is 0 Å². The lowest BCUT2D eigenvalue weighted by Crippen LogP contribution is -2.46. The van der Waals surface area contributed by atoms with Crippen molar-refractivity contribution in [3.63, 3.8) is 0 Å². The van der Waals surface area contributed by atoms with Gasteiger partial charge in [0.05, 0.1) is 10.6 Å². The van der Waals surface area contributed by atoms with Gasteiger partial charge in [-0.25, -0.2) is 0 Å². The summed E-state index contributed by atoms with van der Waals surface area (Å²) in [6, 6.07) is 7.75. The Morgan fingerprint density at radius 2 is 2.00 bits per heavy atom. The third-order valence-electron chi connectivity index (χ3n) is 4.84. The Bertz CT molecular complexity index is 924. The van der Waals surface area contributed by atoms with Crippen LogP contribution in [0.25, 0.3) is 0 Å². The largest absolute Gasteiger partial charge is 0.354 e. The van der Waals surface area contributed by atoms with Crippen LogP contribution in [0.5, 0.6) is 0 Å². The summed E-state index contributed by atoms with van der Waals surface area (Å²) in [4.78, 5) is 42.9. The van der Waals surface area contributed by atoms with Crippen molar-refractivity contribution in [2.24, 2.45) is 0 Å². The number of benzene rings is 1. The van der Waals surface area contributed by atoms with Crippen molar-refractivity contribution in [3.05, 3.63) is 63.9 Å². The van der Waals surface area contributed by atoms with Gasteiger partial charge in [0.1, 0.15) is 6.04 Å². The lowest BCUT2D eigenvalue weighted by molar-refractivity contribution is -0.125. The van der Waals surface area contributed by atoms with Crippen LogP contribution in [0.2, 0.25) is 10.0 Å². The third-order valence-corrected chi connectivity index (χ3v) is 5.40. The molecule has 3 amide bonds. The topological polar surface area (TPSA) is 91.4 Å². The van der Waals surface area contributed by atoms with Gasteiger partial charge in [0.25, 0.3) is 5.91 Å². The average molecular weight is 449 g/mol. The molecule has 0 spiro atoms. The Morgan fingerprint density at radius 1 is 1.17 bits per heavy atom. The van der Waals surface area contributed by atoms with Crippen molar-refractivity contribution in [2.45, 2.75) is 31.8 Å². The first-order chi connectivity index (χ1) is 14.5. The first-order valence-corrected chi connectivity index (χ1v) is 10.4. The zero-order chi connectivity index (χ0) is 21.5. The van der Waals surface area contributed by atoms with Crippen molar-refractivity contribution < 1.29 is 14.4 Å². The normalized spacial score (nSPS) is 15.7. The molecule has 7 nitrogen and oxygen atoms in total. The van der Waals surface area contributed by atoms with Gasteiger partial charge < -0.3 is 15.5 Å². The van der Waals surface area contributed by atoms with Gasteiger partial charge in [-0.05, 0) is 42.7 Å². The monoisotopic (exact) mass is 448 g/mol. The molecular formula is C21H22Cl2N4O3. The van der Waals surface area contributed by atoms with E-state index in [1.165, 1.54) is 11.0 Å². The zero-order valence-electron chi connectivity index (χ0n) is 16.2. The fraction of sp³-hybridized carbons (Fsp3) is 0.333. The fourth-order valence-corrected chi connectivity index (χ4v) is 3.68. The second kappa shape index (κ2) is 10.4. The van der Waals surface area contributed by atoms with Crippen LogP contribution < -0.4 is 10.6 Å². The summed E-state index contributed by atoms with van der Waals surface area (Å²) >= 11 is 12.1. The van der Waals surface area contributed by atoms with E-state index in [2.05, 4.69) is 15.6 Å². The minimum absolute atomic E-state index is 0.146. The molecule has 30 heavy (non-hydrogen) atoms. The molecule has 1 fully saturated rings. The molecule has 0 saturated carbocycles. The summed E-state index contributed by atoms with van der Waals surface area (Å²) in [7, 11) is 0. The number of carbonyl (C=O) groups excluding carboxylic acids is 3. The number of carbonyl (C=O) groups is 3. The van der Waals surface area contributed by atoms with Gasteiger partial charge in [-0.2, -0.15) is 0 Å². The van der Waals surface area contributed by atoms with Gasteiger partial charge in [-0.1, -0.05) is 29.3 Å². The first kappa shape index (κ1) is 22.1. The number of likely N-dealkylation sites (tertiary alicyclic amines) is 1. The molecule has 9 heteroatoms. The molecule has 2 aromatic rings. The highest BCUT2D eigenvalue weighted by molar-refractivity contribution is 6.35. The Kier molecular flexibility index (Phi) is 7.65. The molecule has 2 heterocycles. The molecule has 0 aliphatic carbocycles. The van der Waals surface area contributed by atoms with Gasteiger partial charge in [-0.3, -0.25) is 19.4 Å². The van der Waals surface area contributed by atoms with E-state index in [4.69, 9.17) is 23.2 Å². The minimum Gasteiger partial charge on any atom is -0.354 e. The smallest absolute Gasteiger partial charge is 0.256 e. The summed E-state index contributed by atoms with van der Waals surface area (Å²) in [6.07, 6.45) is 4.77. The van der Waals surface area contributed by atoms with Crippen LogP contribution >= 0.6 is 23.2 Å². The van der Waals surface area contributed by atoms with E-state index < -0.39 is 6.04 Å². The van der Waals surface area contributed by atoms with Crippen molar-refractivity contribution in [3.8, 4) is 0 Å². The maximum atomic E-state index is 12.9. The number of amides is 3. The highest BCUT2D eigenvalue weighted by Crippen LogP contribution is 2.26. The second-order valence-corrected chi connectivity index (χ2v) is 7.80. The Morgan fingerprint density at radius 3 is 2.77 bits per heavy atom. The SMILES string of the molecule is O=C(CCNC(=O)C1CCCN1C(=O)c1cc(Cl)ccc1Cl)NCc1cccnc1. The maximum Gasteiger partial charge on any atom is 0.256 e. The van der Waals surface area contributed by atoms with Crippen molar-refractivity contribution in [1.29, 1.82) is 0 Å². The molecule has 158 valence electrons. The van der Waals surface area contributed by atoms with E-state index in [1.807, 2.05) is 6.07 Å². The molecule has 1 aliphatic heterocycles. The maximum absolute atomic E-state index is 12.9. The van der Waals surface area contributed by atoms with Gasteiger partial charge in [0.15, 0.2) is 0 Å². The first-order valence-electron chi connectivity index (χ1n) is 9.65. The van der Waals surface area contributed by atoms with E-state index in [1.54, 1.807) is 30.6 Å². The molecular weight excluding hydrogens is 427 g/mol. The number of nitrogens with one attached hydrogen (secondary N) is 2. The molecule has 1 aliphatic rings. The molecule has 1 atom stereocenters. The highest BCUT2D eigenvalue weighted by atomic mass is 35.5. The fourth-order valence-electron chi connectivity index (χ4n) is 3.31. The van der Waals surface area contributed by atoms with Gasteiger partial charge in [0.2, 0.25) is 11.8 Å². The lowest BCUT2D eigenvalue weighted by atomic mass is 10.1. The van der Waals surface area contributed by atoms with E-state index in [9.17, 15) is 14.4 Å². The summed E-state index contributed by atoms with van der Waals surface area (Å²) in [5.74, 6) is -0.780.